The van der Waals surface area contributed by atoms with Crippen LogP contribution < -0.4 is 4.74 Å². The van der Waals surface area contributed by atoms with Crippen LogP contribution in [0, 0.1) is 5.92 Å². The summed E-state index contributed by atoms with van der Waals surface area (Å²) in [5, 5.41) is 9.52. The first-order chi connectivity index (χ1) is 9.56. The fourth-order valence-electron chi connectivity index (χ4n) is 2.36. The summed E-state index contributed by atoms with van der Waals surface area (Å²) < 4.78 is 5.54. The Morgan fingerprint density at radius 1 is 1.45 bits per heavy atom. The number of aliphatic hydroxyl groups excluding tert-OH is 1. The van der Waals surface area contributed by atoms with Crippen molar-refractivity contribution in [3.8, 4) is 5.75 Å². The van der Waals surface area contributed by atoms with Crippen molar-refractivity contribution in [2.24, 2.45) is 5.92 Å². The van der Waals surface area contributed by atoms with Gasteiger partial charge in [-0.15, -0.1) is 0 Å². The van der Waals surface area contributed by atoms with Crippen LogP contribution in [0.15, 0.2) is 24.3 Å². The lowest BCUT2D eigenvalue weighted by molar-refractivity contribution is -0.134. The van der Waals surface area contributed by atoms with E-state index in [4.69, 9.17) is 4.74 Å². The third kappa shape index (κ3) is 3.97. The number of carbonyl (C=O) groups is 1. The van der Waals surface area contributed by atoms with Crippen molar-refractivity contribution in [1.29, 1.82) is 0 Å². The molecule has 1 N–H and O–H groups in total. The maximum Gasteiger partial charge on any atom is 0.260 e. The van der Waals surface area contributed by atoms with E-state index in [9.17, 15) is 9.90 Å². The molecule has 0 saturated carbocycles. The number of ether oxygens (including phenoxy) is 1. The summed E-state index contributed by atoms with van der Waals surface area (Å²) in [6, 6.07) is 7.24. The minimum atomic E-state index is -0.530. The number of hydrogen-bond acceptors (Lipinski definition) is 3. The van der Waals surface area contributed by atoms with Crippen molar-refractivity contribution in [1.82, 2.24) is 4.90 Å². The smallest absolute Gasteiger partial charge is 0.260 e. The van der Waals surface area contributed by atoms with Gasteiger partial charge in [0.1, 0.15) is 5.75 Å². The van der Waals surface area contributed by atoms with E-state index in [1.165, 1.54) is 0 Å². The van der Waals surface area contributed by atoms with Gasteiger partial charge in [-0.2, -0.15) is 0 Å². The Kier molecular flexibility index (Phi) is 5.01. The maximum absolute atomic E-state index is 12.0. The Bertz CT molecular complexity index is 451. The molecule has 1 aliphatic heterocycles. The van der Waals surface area contributed by atoms with Gasteiger partial charge in [0, 0.05) is 13.1 Å². The standard InChI is InChI=1S/C16H23NO3/c1-12-6-8-17(9-7-12)16(19)11-20-15-5-3-4-14(10-15)13(2)18/h3-5,10,12-13,18H,6-9,11H2,1-2H3. The van der Waals surface area contributed by atoms with Crippen LogP contribution in [0.25, 0.3) is 0 Å². The lowest BCUT2D eigenvalue weighted by Gasteiger charge is -2.30. The summed E-state index contributed by atoms with van der Waals surface area (Å²) in [5.41, 5.74) is 0.793. The van der Waals surface area contributed by atoms with Gasteiger partial charge in [-0.05, 0) is 43.4 Å². The quantitative estimate of drug-likeness (QED) is 0.919. The molecule has 1 heterocycles. The van der Waals surface area contributed by atoms with Crippen molar-refractivity contribution < 1.29 is 14.6 Å². The van der Waals surface area contributed by atoms with Crippen molar-refractivity contribution in [2.75, 3.05) is 19.7 Å². The molecule has 1 saturated heterocycles. The second-order valence-electron chi connectivity index (χ2n) is 5.60. The lowest BCUT2D eigenvalue weighted by atomic mass is 9.99. The van der Waals surface area contributed by atoms with E-state index < -0.39 is 6.10 Å². The van der Waals surface area contributed by atoms with Crippen LogP contribution in [0.5, 0.6) is 5.75 Å². The topological polar surface area (TPSA) is 49.8 Å². The molecule has 4 heteroatoms. The molecule has 0 radical (unpaired) electrons. The number of piperidine rings is 1. The SMILES string of the molecule is CC1CCN(C(=O)COc2cccc(C(C)O)c2)CC1. The fourth-order valence-corrected chi connectivity index (χ4v) is 2.36. The van der Waals surface area contributed by atoms with Crippen LogP contribution in [0.1, 0.15) is 38.4 Å². The van der Waals surface area contributed by atoms with E-state index in [0.29, 0.717) is 11.7 Å². The van der Waals surface area contributed by atoms with E-state index in [1.807, 2.05) is 17.0 Å². The summed E-state index contributed by atoms with van der Waals surface area (Å²) in [6.45, 7) is 5.66. The van der Waals surface area contributed by atoms with Gasteiger partial charge in [0.2, 0.25) is 0 Å². The molecule has 1 aromatic rings. The van der Waals surface area contributed by atoms with Gasteiger partial charge in [-0.1, -0.05) is 19.1 Å². The van der Waals surface area contributed by atoms with Gasteiger partial charge in [-0.25, -0.2) is 0 Å². The summed E-state index contributed by atoms with van der Waals surface area (Å²) in [6.07, 6.45) is 1.62. The minimum Gasteiger partial charge on any atom is -0.484 e. The number of nitrogens with zero attached hydrogens (tertiary/aromatic N) is 1. The number of benzene rings is 1. The van der Waals surface area contributed by atoms with Crippen molar-refractivity contribution in [2.45, 2.75) is 32.8 Å². The minimum absolute atomic E-state index is 0.0411. The van der Waals surface area contributed by atoms with Crippen LogP contribution >= 0.6 is 0 Å². The number of hydrogen-bond donors (Lipinski definition) is 1. The molecule has 1 amide bonds. The van der Waals surface area contributed by atoms with Gasteiger partial charge in [0.05, 0.1) is 6.10 Å². The molecule has 1 unspecified atom stereocenters. The molecule has 20 heavy (non-hydrogen) atoms. The predicted octanol–water partition coefficient (Wildman–Crippen LogP) is 2.38. The van der Waals surface area contributed by atoms with Gasteiger partial charge >= 0.3 is 0 Å². The van der Waals surface area contributed by atoms with Crippen LogP contribution in [0.4, 0.5) is 0 Å². The molecule has 1 atom stereocenters. The predicted molar refractivity (Wildman–Crippen MR) is 77.5 cm³/mol. The molecule has 1 aliphatic rings. The zero-order valence-corrected chi connectivity index (χ0v) is 12.2. The molecular weight excluding hydrogens is 254 g/mol. The number of aliphatic hydroxyl groups is 1. The molecule has 1 fully saturated rings. The van der Waals surface area contributed by atoms with E-state index in [2.05, 4.69) is 6.92 Å². The Hall–Kier alpha value is -1.55. The fraction of sp³-hybridized carbons (Fsp3) is 0.562. The van der Waals surface area contributed by atoms with Gasteiger partial charge in [0.25, 0.3) is 5.91 Å². The third-order valence-corrected chi connectivity index (χ3v) is 3.84. The van der Waals surface area contributed by atoms with Crippen LogP contribution in [-0.2, 0) is 4.79 Å². The zero-order valence-electron chi connectivity index (χ0n) is 12.2. The first kappa shape index (κ1) is 14.9. The van der Waals surface area contributed by atoms with Crippen LogP contribution in [-0.4, -0.2) is 35.6 Å². The van der Waals surface area contributed by atoms with E-state index in [-0.39, 0.29) is 12.5 Å². The molecule has 1 aromatic carbocycles. The first-order valence-corrected chi connectivity index (χ1v) is 7.25. The highest BCUT2D eigenvalue weighted by molar-refractivity contribution is 5.77. The molecular formula is C16H23NO3. The van der Waals surface area contributed by atoms with Crippen molar-refractivity contribution in [3.05, 3.63) is 29.8 Å². The van der Waals surface area contributed by atoms with Gasteiger partial charge in [0.15, 0.2) is 6.61 Å². The molecule has 0 aromatic heterocycles. The average molecular weight is 277 g/mol. The van der Waals surface area contributed by atoms with Crippen molar-refractivity contribution >= 4 is 5.91 Å². The average Bonchev–Trinajstić information content (AvgIpc) is 2.46. The summed E-state index contributed by atoms with van der Waals surface area (Å²) >= 11 is 0. The van der Waals surface area contributed by atoms with E-state index in [1.54, 1.807) is 19.1 Å². The van der Waals surface area contributed by atoms with E-state index >= 15 is 0 Å². The first-order valence-electron chi connectivity index (χ1n) is 7.25. The summed E-state index contributed by atoms with van der Waals surface area (Å²) in [5.74, 6) is 1.38. The second-order valence-corrected chi connectivity index (χ2v) is 5.60. The molecule has 0 spiro atoms. The highest BCUT2D eigenvalue weighted by atomic mass is 16.5. The second kappa shape index (κ2) is 6.75. The number of carbonyl (C=O) groups excluding carboxylic acids is 1. The highest BCUT2D eigenvalue weighted by Crippen LogP contribution is 2.19. The van der Waals surface area contributed by atoms with Crippen LogP contribution in [0.2, 0.25) is 0 Å². The Balaban J connectivity index is 1.85. The summed E-state index contributed by atoms with van der Waals surface area (Å²) in [4.78, 5) is 13.9. The normalized spacial score (nSPS) is 17.9. The molecule has 2 rings (SSSR count). The lowest BCUT2D eigenvalue weighted by Crippen LogP contribution is -2.40. The molecule has 0 bridgehead atoms. The Labute approximate surface area is 120 Å². The number of likely N-dealkylation sites (tertiary alicyclic amines) is 1. The zero-order chi connectivity index (χ0) is 14.5. The van der Waals surface area contributed by atoms with Crippen molar-refractivity contribution in [3.63, 3.8) is 0 Å². The van der Waals surface area contributed by atoms with E-state index in [0.717, 1.165) is 31.5 Å². The summed E-state index contributed by atoms with van der Waals surface area (Å²) in [7, 11) is 0. The largest absolute Gasteiger partial charge is 0.484 e. The Morgan fingerprint density at radius 2 is 2.15 bits per heavy atom. The van der Waals surface area contributed by atoms with Crippen LogP contribution in [0.3, 0.4) is 0 Å². The molecule has 110 valence electrons. The highest BCUT2D eigenvalue weighted by Gasteiger charge is 2.20. The third-order valence-electron chi connectivity index (χ3n) is 3.84. The molecule has 4 nitrogen and oxygen atoms in total. The molecule has 0 aliphatic carbocycles. The maximum atomic E-state index is 12.0. The van der Waals surface area contributed by atoms with Gasteiger partial charge < -0.3 is 14.7 Å². The van der Waals surface area contributed by atoms with Gasteiger partial charge in [-0.3, -0.25) is 4.79 Å². The monoisotopic (exact) mass is 277 g/mol. The number of rotatable bonds is 4. The number of amides is 1. The Morgan fingerprint density at radius 3 is 2.80 bits per heavy atom.